The minimum Gasteiger partial charge on any atom is -0.497 e. The van der Waals surface area contributed by atoms with Crippen LogP contribution in [0.3, 0.4) is 0 Å². The van der Waals surface area contributed by atoms with E-state index in [-0.39, 0.29) is 5.56 Å². The lowest BCUT2D eigenvalue weighted by molar-refractivity contribution is -0.119. The fraction of sp³-hybridized carbons (Fsp3) is 0.167. The van der Waals surface area contributed by atoms with Crippen LogP contribution in [0.4, 0.5) is 5.69 Å². The lowest BCUT2D eigenvalue weighted by Crippen LogP contribution is -2.21. The van der Waals surface area contributed by atoms with E-state index in [0.717, 1.165) is 0 Å². The predicted octanol–water partition coefficient (Wildman–Crippen LogP) is 1.47. The molecule has 0 fully saturated rings. The monoisotopic (exact) mass is 383 g/mol. The Morgan fingerprint density at radius 1 is 1.07 bits per heavy atom. The van der Waals surface area contributed by atoms with Crippen LogP contribution in [-0.2, 0) is 9.53 Å². The van der Waals surface area contributed by atoms with Crippen molar-refractivity contribution < 1.29 is 23.8 Å². The van der Waals surface area contributed by atoms with Gasteiger partial charge in [-0.25, -0.2) is 9.48 Å². The molecule has 0 aliphatic heterocycles. The van der Waals surface area contributed by atoms with Gasteiger partial charge in [-0.1, -0.05) is 6.07 Å². The number of esters is 1. The lowest BCUT2D eigenvalue weighted by Gasteiger charge is -2.10. The van der Waals surface area contributed by atoms with Gasteiger partial charge in [-0.05, 0) is 28.6 Å². The summed E-state index contributed by atoms with van der Waals surface area (Å²) >= 11 is 0. The number of tetrazole rings is 1. The molecule has 1 aromatic heterocycles. The van der Waals surface area contributed by atoms with Crippen LogP contribution in [0, 0.1) is 0 Å². The van der Waals surface area contributed by atoms with Gasteiger partial charge >= 0.3 is 5.97 Å². The van der Waals surface area contributed by atoms with Gasteiger partial charge in [-0.2, -0.15) is 0 Å². The van der Waals surface area contributed by atoms with Crippen LogP contribution >= 0.6 is 0 Å². The molecule has 0 unspecified atom stereocenters. The van der Waals surface area contributed by atoms with Crippen LogP contribution < -0.4 is 14.8 Å². The van der Waals surface area contributed by atoms with Crippen LogP contribution in [0.1, 0.15) is 10.4 Å². The summed E-state index contributed by atoms with van der Waals surface area (Å²) in [5.41, 5.74) is 1.31. The Kier molecular flexibility index (Phi) is 5.80. The van der Waals surface area contributed by atoms with Crippen LogP contribution in [0.25, 0.3) is 5.69 Å². The van der Waals surface area contributed by atoms with Crippen molar-refractivity contribution in [2.24, 2.45) is 0 Å². The first-order valence-corrected chi connectivity index (χ1v) is 8.12. The summed E-state index contributed by atoms with van der Waals surface area (Å²) in [5, 5.41) is 13.5. The molecule has 0 radical (unpaired) electrons. The maximum atomic E-state index is 12.2. The summed E-state index contributed by atoms with van der Waals surface area (Å²) in [6, 6.07) is 11.4. The first kappa shape index (κ1) is 18.8. The molecule has 0 atom stereocenters. The number of ether oxygens (including phenoxy) is 3. The van der Waals surface area contributed by atoms with E-state index >= 15 is 0 Å². The Hall–Kier alpha value is -3.95. The largest absolute Gasteiger partial charge is 0.497 e. The summed E-state index contributed by atoms with van der Waals surface area (Å²) < 4.78 is 16.8. The molecule has 0 aliphatic carbocycles. The molecule has 0 bridgehead atoms. The van der Waals surface area contributed by atoms with E-state index < -0.39 is 18.5 Å². The van der Waals surface area contributed by atoms with Crippen molar-refractivity contribution in [1.82, 2.24) is 20.2 Å². The van der Waals surface area contributed by atoms with E-state index in [1.54, 1.807) is 42.5 Å². The fourth-order valence-electron chi connectivity index (χ4n) is 2.35. The zero-order chi connectivity index (χ0) is 19.9. The Labute approximate surface area is 160 Å². The second kappa shape index (κ2) is 8.62. The van der Waals surface area contributed by atoms with Gasteiger partial charge in [0.2, 0.25) is 0 Å². The van der Waals surface area contributed by atoms with Gasteiger partial charge in [0.15, 0.2) is 6.61 Å². The number of hydrogen-bond acceptors (Lipinski definition) is 8. The number of nitrogens with one attached hydrogen (secondary N) is 1. The summed E-state index contributed by atoms with van der Waals surface area (Å²) in [5.74, 6) is -0.106. The van der Waals surface area contributed by atoms with Crippen molar-refractivity contribution in [3.8, 4) is 17.2 Å². The van der Waals surface area contributed by atoms with Crippen LogP contribution in [-0.4, -0.2) is 52.9 Å². The lowest BCUT2D eigenvalue weighted by atomic mass is 10.2. The van der Waals surface area contributed by atoms with E-state index in [1.807, 2.05) is 0 Å². The SMILES string of the molecule is COc1cc(NC(=O)COC(=O)c2cccc(-n3cnnn3)c2)cc(OC)c1. The summed E-state index contributed by atoms with van der Waals surface area (Å²) in [4.78, 5) is 24.3. The first-order chi connectivity index (χ1) is 13.6. The van der Waals surface area contributed by atoms with Gasteiger partial charge in [-0.15, -0.1) is 5.10 Å². The number of carbonyl (C=O) groups excluding carboxylic acids is 2. The van der Waals surface area contributed by atoms with Crippen molar-refractivity contribution in [2.75, 3.05) is 26.1 Å². The van der Waals surface area contributed by atoms with Gasteiger partial charge in [-0.3, -0.25) is 4.79 Å². The van der Waals surface area contributed by atoms with Gasteiger partial charge < -0.3 is 19.5 Å². The van der Waals surface area contributed by atoms with Gasteiger partial charge in [0.25, 0.3) is 5.91 Å². The quantitative estimate of drug-likeness (QED) is 0.610. The Morgan fingerprint density at radius 3 is 2.46 bits per heavy atom. The Balaban J connectivity index is 1.60. The molecule has 10 heteroatoms. The van der Waals surface area contributed by atoms with Crippen LogP contribution in [0.15, 0.2) is 48.8 Å². The topological polar surface area (TPSA) is 117 Å². The van der Waals surface area contributed by atoms with E-state index in [4.69, 9.17) is 14.2 Å². The second-order valence-corrected chi connectivity index (χ2v) is 5.53. The third-order valence-electron chi connectivity index (χ3n) is 3.66. The van der Waals surface area contributed by atoms with E-state index in [2.05, 4.69) is 20.8 Å². The number of methoxy groups -OCH3 is 2. The number of rotatable bonds is 7. The van der Waals surface area contributed by atoms with Gasteiger partial charge in [0, 0.05) is 23.9 Å². The minimum absolute atomic E-state index is 0.267. The highest BCUT2D eigenvalue weighted by Crippen LogP contribution is 2.25. The van der Waals surface area contributed by atoms with Crippen molar-refractivity contribution in [3.63, 3.8) is 0 Å². The Morgan fingerprint density at radius 2 is 1.82 bits per heavy atom. The van der Waals surface area contributed by atoms with Crippen molar-refractivity contribution >= 4 is 17.6 Å². The third kappa shape index (κ3) is 4.61. The number of nitrogens with zero attached hydrogens (tertiary/aromatic N) is 4. The maximum Gasteiger partial charge on any atom is 0.338 e. The minimum atomic E-state index is -0.645. The highest BCUT2D eigenvalue weighted by atomic mass is 16.5. The number of aromatic nitrogens is 4. The molecule has 28 heavy (non-hydrogen) atoms. The number of benzene rings is 2. The number of amides is 1. The average Bonchev–Trinajstić information content (AvgIpc) is 3.26. The standard InChI is InChI=1S/C18H17N5O5/c1-26-15-7-13(8-16(9-15)27-2)20-17(24)10-28-18(25)12-4-3-5-14(6-12)23-11-19-21-22-23/h3-9,11H,10H2,1-2H3,(H,20,24). The second-order valence-electron chi connectivity index (χ2n) is 5.53. The molecule has 0 saturated carbocycles. The molecule has 1 amide bonds. The normalized spacial score (nSPS) is 10.2. The van der Waals surface area contributed by atoms with Crippen molar-refractivity contribution in [2.45, 2.75) is 0 Å². The Bertz CT molecular complexity index is 952. The summed E-state index contributed by atoms with van der Waals surface area (Å²) in [7, 11) is 3.01. The molecule has 10 nitrogen and oxygen atoms in total. The van der Waals surface area contributed by atoms with Crippen molar-refractivity contribution in [3.05, 3.63) is 54.4 Å². The molecular weight excluding hydrogens is 366 g/mol. The maximum absolute atomic E-state index is 12.2. The average molecular weight is 383 g/mol. The number of anilines is 1. The van der Waals surface area contributed by atoms with Crippen LogP contribution in [0.2, 0.25) is 0 Å². The molecule has 0 aliphatic rings. The van der Waals surface area contributed by atoms with Gasteiger partial charge in [0.05, 0.1) is 25.5 Å². The molecule has 3 rings (SSSR count). The highest BCUT2D eigenvalue weighted by molar-refractivity contribution is 5.96. The zero-order valence-electron chi connectivity index (χ0n) is 15.2. The molecule has 144 valence electrons. The summed E-state index contributed by atoms with van der Waals surface area (Å²) in [6.45, 7) is -0.451. The molecule has 0 saturated heterocycles. The fourth-order valence-corrected chi connectivity index (χ4v) is 2.35. The van der Waals surface area contributed by atoms with E-state index in [9.17, 15) is 9.59 Å². The molecule has 3 aromatic rings. The van der Waals surface area contributed by atoms with Gasteiger partial charge in [0.1, 0.15) is 17.8 Å². The smallest absolute Gasteiger partial charge is 0.338 e. The zero-order valence-corrected chi connectivity index (χ0v) is 15.2. The molecule has 2 aromatic carbocycles. The highest BCUT2D eigenvalue weighted by Gasteiger charge is 2.12. The van der Waals surface area contributed by atoms with Crippen LogP contribution in [0.5, 0.6) is 11.5 Å². The third-order valence-corrected chi connectivity index (χ3v) is 3.66. The predicted molar refractivity (Wildman–Crippen MR) is 97.6 cm³/mol. The number of carbonyl (C=O) groups is 2. The first-order valence-electron chi connectivity index (χ1n) is 8.12. The molecule has 0 spiro atoms. The van der Waals surface area contributed by atoms with E-state index in [0.29, 0.717) is 22.9 Å². The van der Waals surface area contributed by atoms with E-state index in [1.165, 1.54) is 25.2 Å². The molecular formula is C18H17N5O5. The number of hydrogen-bond donors (Lipinski definition) is 1. The molecule has 1 heterocycles. The molecule has 1 N–H and O–H groups in total. The van der Waals surface area contributed by atoms with Crippen molar-refractivity contribution in [1.29, 1.82) is 0 Å². The summed E-state index contributed by atoms with van der Waals surface area (Å²) in [6.07, 6.45) is 1.40.